The second-order valence-corrected chi connectivity index (χ2v) is 3.63. The molecule has 2 rings (SSSR count). The molecule has 3 nitrogen and oxygen atoms in total. The Morgan fingerprint density at radius 2 is 2.31 bits per heavy atom. The molecular formula is C12H10FN3. The molecule has 0 saturated carbocycles. The summed E-state index contributed by atoms with van der Waals surface area (Å²) >= 11 is 0. The summed E-state index contributed by atoms with van der Waals surface area (Å²) < 4.78 is 15.1. The van der Waals surface area contributed by atoms with E-state index in [4.69, 9.17) is 5.26 Å². The van der Waals surface area contributed by atoms with Gasteiger partial charge in [-0.05, 0) is 30.7 Å². The van der Waals surface area contributed by atoms with E-state index in [0.29, 0.717) is 17.7 Å². The van der Waals surface area contributed by atoms with Crippen molar-refractivity contribution in [2.45, 2.75) is 13.5 Å². The molecule has 0 bridgehead atoms. The molecule has 1 aromatic carbocycles. The van der Waals surface area contributed by atoms with Crippen LogP contribution >= 0.6 is 0 Å². The summed E-state index contributed by atoms with van der Waals surface area (Å²) in [6.45, 7) is 2.26. The summed E-state index contributed by atoms with van der Waals surface area (Å²) in [6.07, 6.45) is 3.55. The third-order valence-electron chi connectivity index (χ3n) is 2.27. The molecule has 16 heavy (non-hydrogen) atoms. The minimum absolute atomic E-state index is 0.313. The molecule has 0 aliphatic heterocycles. The van der Waals surface area contributed by atoms with Crippen LogP contribution in [-0.4, -0.2) is 9.78 Å². The zero-order valence-corrected chi connectivity index (χ0v) is 8.81. The van der Waals surface area contributed by atoms with Gasteiger partial charge in [-0.3, -0.25) is 4.68 Å². The summed E-state index contributed by atoms with van der Waals surface area (Å²) in [5.41, 5.74) is 1.96. The Bertz CT molecular complexity index is 552. The minimum Gasteiger partial charge on any atom is -0.268 e. The second-order valence-electron chi connectivity index (χ2n) is 3.63. The first-order chi connectivity index (χ1) is 7.69. The Balaban J connectivity index is 2.30. The largest absolute Gasteiger partial charge is 0.268 e. The Morgan fingerprint density at radius 3 is 2.94 bits per heavy atom. The molecule has 0 unspecified atom stereocenters. The van der Waals surface area contributed by atoms with E-state index in [0.717, 1.165) is 5.56 Å². The number of benzene rings is 1. The van der Waals surface area contributed by atoms with Gasteiger partial charge in [-0.25, -0.2) is 4.39 Å². The van der Waals surface area contributed by atoms with Gasteiger partial charge in [-0.2, -0.15) is 10.4 Å². The molecule has 1 aromatic heterocycles. The van der Waals surface area contributed by atoms with Gasteiger partial charge in [-0.15, -0.1) is 0 Å². The molecule has 0 radical (unpaired) electrons. The van der Waals surface area contributed by atoms with Crippen LogP contribution in [0.15, 0.2) is 30.6 Å². The van der Waals surface area contributed by atoms with Gasteiger partial charge in [0.2, 0.25) is 0 Å². The van der Waals surface area contributed by atoms with Gasteiger partial charge in [0.05, 0.1) is 24.4 Å². The van der Waals surface area contributed by atoms with Crippen LogP contribution in [0.3, 0.4) is 0 Å². The van der Waals surface area contributed by atoms with E-state index in [9.17, 15) is 4.39 Å². The van der Waals surface area contributed by atoms with Crippen molar-refractivity contribution in [1.82, 2.24) is 9.78 Å². The maximum atomic E-state index is 13.4. The monoisotopic (exact) mass is 215 g/mol. The van der Waals surface area contributed by atoms with Gasteiger partial charge in [-0.1, -0.05) is 0 Å². The molecule has 2 aromatic rings. The summed E-state index contributed by atoms with van der Waals surface area (Å²) in [6, 6.07) is 6.31. The average molecular weight is 215 g/mol. The van der Waals surface area contributed by atoms with Gasteiger partial charge in [0.15, 0.2) is 0 Å². The number of nitriles is 1. The number of aromatic nitrogens is 2. The Kier molecular flexibility index (Phi) is 2.69. The predicted octanol–water partition coefficient (Wildman–Crippen LogP) is 2.25. The van der Waals surface area contributed by atoms with Crippen LogP contribution in [0.25, 0.3) is 0 Å². The molecule has 0 fully saturated rings. The SMILES string of the molecule is Cc1cnn(Cc2cc(C#N)ccc2F)c1. The van der Waals surface area contributed by atoms with E-state index >= 15 is 0 Å². The van der Waals surface area contributed by atoms with E-state index in [-0.39, 0.29) is 5.82 Å². The molecule has 4 heteroatoms. The van der Waals surface area contributed by atoms with Gasteiger partial charge < -0.3 is 0 Å². The highest BCUT2D eigenvalue weighted by atomic mass is 19.1. The van der Waals surface area contributed by atoms with Crippen molar-refractivity contribution in [2.75, 3.05) is 0 Å². The standard InChI is InChI=1S/C12H10FN3/c1-9-6-15-16(7-9)8-11-4-10(5-14)2-3-12(11)13/h2-4,6-7H,8H2,1H3. The number of nitrogens with zero attached hydrogens (tertiary/aromatic N) is 3. The van der Waals surface area contributed by atoms with Crippen LogP contribution in [0.2, 0.25) is 0 Å². The minimum atomic E-state index is -0.313. The number of rotatable bonds is 2. The van der Waals surface area contributed by atoms with Crippen molar-refractivity contribution >= 4 is 0 Å². The number of halogens is 1. The van der Waals surface area contributed by atoms with Gasteiger partial charge in [0.1, 0.15) is 5.82 Å². The molecule has 0 N–H and O–H groups in total. The van der Waals surface area contributed by atoms with E-state index < -0.39 is 0 Å². The van der Waals surface area contributed by atoms with E-state index in [2.05, 4.69) is 5.10 Å². The highest BCUT2D eigenvalue weighted by Gasteiger charge is 2.05. The van der Waals surface area contributed by atoms with Crippen molar-refractivity contribution in [2.24, 2.45) is 0 Å². The summed E-state index contributed by atoms with van der Waals surface area (Å²) in [7, 11) is 0. The smallest absolute Gasteiger partial charge is 0.128 e. The van der Waals surface area contributed by atoms with Crippen LogP contribution in [0, 0.1) is 24.1 Å². The zero-order chi connectivity index (χ0) is 11.5. The zero-order valence-electron chi connectivity index (χ0n) is 8.81. The fourth-order valence-corrected chi connectivity index (χ4v) is 1.49. The fourth-order valence-electron chi connectivity index (χ4n) is 1.49. The first-order valence-electron chi connectivity index (χ1n) is 4.86. The van der Waals surface area contributed by atoms with E-state index in [1.807, 2.05) is 19.2 Å². The van der Waals surface area contributed by atoms with E-state index in [1.54, 1.807) is 16.9 Å². The molecule has 0 saturated heterocycles. The third kappa shape index (κ3) is 2.09. The van der Waals surface area contributed by atoms with Crippen LogP contribution in [-0.2, 0) is 6.54 Å². The van der Waals surface area contributed by atoms with Crippen molar-refractivity contribution in [3.05, 3.63) is 53.1 Å². The maximum absolute atomic E-state index is 13.4. The van der Waals surface area contributed by atoms with Gasteiger partial charge in [0.25, 0.3) is 0 Å². The lowest BCUT2D eigenvalue weighted by Gasteiger charge is -2.03. The van der Waals surface area contributed by atoms with Crippen LogP contribution in [0.4, 0.5) is 4.39 Å². The lowest BCUT2D eigenvalue weighted by molar-refractivity contribution is 0.585. The summed E-state index contributed by atoms with van der Waals surface area (Å²) in [5.74, 6) is -0.313. The first-order valence-corrected chi connectivity index (χ1v) is 4.86. The second kappa shape index (κ2) is 4.15. The van der Waals surface area contributed by atoms with Gasteiger partial charge in [0, 0.05) is 11.8 Å². The summed E-state index contributed by atoms with van der Waals surface area (Å²) in [5, 5.41) is 12.8. The van der Waals surface area contributed by atoms with Crippen LogP contribution in [0.1, 0.15) is 16.7 Å². The lowest BCUT2D eigenvalue weighted by atomic mass is 10.1. The highest BCUT2D eigenvalue weighted by molar-refractivity contribution is 5.33. The molecule has 0 amide bonds. The molecule has 1 heterocycles. The average Bonchev–Trinajstić information content (AvgIpc) is 2.67. The highest BCUT2D eigenvalue weighted by Crippen LogP contribution is 2.11. The Labute approximate surface area is 92.7 Å². The van der Waals surface area contributed by atoms with Crippen LogP contribution in [0.5, 0.6) is 0 Å². The maximum Gasteiger partial charge on any atom is 0.128 e. The fraction of sp³-hybridized carbons (Fsp3) is 0.167. The quantitative estimate of drug-likeness (QED) is 0.771. The predicted molar refractivity (Wildman–Crippen MR) is 57.2 cm³/mol. The van der Waals surface area contributed by atoms with Gasteiger partial charge >= 0.3 is 0 Å². The van der Waals surface area contributed by atoms with Crippen molar-refractivity contribution < 1.29 is 4.39 Å². The normalized spacial score (nSPS) is 10.1. The molecule has 0 aliphatic rings. The number of hydrogen-bond acceptors (Lipinski definition) is 2. The first kappa shape index (κ1) is 10.4. The topological polar surface area (TPSA) is 41.6 Å². The number of aryl methyl sites for hydroxylation is 1. The van der Waals surface area contributed by atoms with Crippen molar-refractivity contribution in [3.8, 4) is 6.07 Å². The Hall–Kier alpha value is -2.15. The Morgan fingerprint density at radius 1 is 1.50 bits per heavy atom. The molecular weight excluding hydrogens is 205 g/mol. The molecule has 80 valence electrons. The lowest BCUT2D eigenvalue weighted by Crippen LogP contribution is -2.02. The van der Waals surface area contributed by atoms with Crippen molar-refractivity contribution in [3.63, 3.8) is 0 Å². The summed E-state index contributed by atoms with van der Waals surface area (Å²) in [4.78, 5) is 0. The third-order valence-corrected chi connectivity index (χ3v) is 2.27. The van der Waals surface area contributed by atoms with Crippen LogP contribution < -0.4 is 0 Å². The molecule has 0 aliphatic carbocycles. The van der Waals surface area contributed by atoms with E-state index in [1.165, 1.54) is 12.1 Å². The number of hydrogen-bond donors (Lipinski definition) is 0. The molecule has 0 atom stereocenters. The van der Waals surface area contributed by atoms with Crippen molar-refractivity contribution in [1.29, 1.82) is 5.26 Å². The molecule has 0 spiro atoms.